The normalized spacial score (nSPS) is 11.0. The van der Waals surface area contributed by atoms with Gasteiger partial charge in [-0.3, -0.25) is 0 Å². The Labute approximate surface area is 164 Å². The summed E-state index contributed by atoms with van der Waals surface area (Å²) >= 11 is 5.44. The van der Waals surface area contributed by atoms with Gasteiger partial charge >= 0.3 is 0 Å². The minimum atomic E-state index is 0.487. The van der Waals surface area contributed by atoms with Crippen molar-refractivity contribution in [2.24, 2.45) is 0 Å². The molecule has 0 spiro atoms. The number of aromatic nitrogens is 2. The minimum absolute atomic E-state index is 0.487. The van der Waals surface area contributed by atoms with Crippen LogP contribution in [0.15, 0.2) is 27.6 Å². The molecule has 0 saturated heterocycles. The van der Waals surface area contributed by atoms with Gasteiger partial charge in [-0.25, -0.2) is 4.98 Å². The number of rotatable bonds is 7. The summed E-state index contributed by atoms with van der Waals surface area (Å²) in [7, 11) is 0. The predicted octanol–water partition coefficient (Wildman–Crippen LogP) is 5.98. The first-order valence-electron chi connectivity index (χ1n) is 8.64. The zero-order chi connectivity index (χ0) is 18.6. The fourth-order valence-corrected chi connectivity index (χ4v) is 3.97. The van der Waals surface area contributed by atoms with Crippen molar-refractivity contribution in [2.75, 3.05) is 29.6 Å². The van der Waals surface area contributed by atoms with Crippen LogP contribution in [0.3, 0.4) is 0 Å². The van der Waals surface area contributed by atoms with Gasteiger partial charge in [0.15, 0.2) is 0 Å². The van der Waals surface area contributed by atoms with E-state index in [1.165, 1.54) is 10.5 Å². The van der Waals surface area contributed by atoms with Gasteiger partial charge in [0.2, 0.25) is 5.95 Å². The molecule has 1 N–H and O–H groups in total. The largest absolute Gasteiger partial charge is 0.357 e. The number of hydrogen-bond donors (Lipinski definition) is 1. The van der Waals surface area contributed by atoms with Gasteiger partial charge in [0, 0.05) is 34.2 Å². The van der Waals surface area contributed by atoms with Crippen LogP contribution >= 0.6 is 27.7 Å². The summed E-state index contributed by atoms with van der Waals surface area (Å²) in [5.74, 6) is 2.08. The number of thioether (sulfide) groups is 1. The van der Waals surface area contributed by atoms with Crippen LogP contribution in [-0.4, -0.2) is 29.3 Å². The molecule has 1 aromatic heterocycles. The third-order valence-electron chi connectivity index (χ3n) is 4.13. The summed E-state index contributed by atoms with van der Waals surface area (Å²) in [4.78, 5) is 12.7. The molecule has 0 bridgehead atoms. The minimum Gasteiger partial charge on any atom is -0.357 e. The van der Waals surface area contributed by atoms with E-state index in [4.69, 9.17) is 4.98 Å². The van der Waals surface area contributed by atoms with Gasteiger partial charge in [-0.2, -0.15) is 4.98 Å². The molecule has 6 heteroatoms. The maximum absolute atomic E-state index is 4.72. The molecule has 1 heterocycles. The molecule has 0 atom stereocenters. The standard InChI is InChI=1S/C19H27BrN4S/c1-7-24(8-2)17-9-13(5)21-19(22-17)23-18-15(20)10-14(12(3)4)11-16(18)25-6/h9-12H,7-8H2,1-6H3,(H,21,22,23). The first kappa shape index (κ1) is 20.0. The van der Waals surface area contributed by atoms with Crippen LogP contribution in [0.4, 0.5) is 17.5 Å². The smallest absolute Gasteiger partial charge is 0.229 e. The highest BCUT2D eigenvalue weighted by atomic mass is 79.9. The Morgan fingerprint density at radius 1 is 1.16 bits per heavy atom. The molecule has 0 fully saturated rings. The third kappa shape index (κ3) is 4.88. The van der Waals surface area contributed by atoms with E-state index >= 15 is 0 Å². The number of hydrogen-bond acceptors (Lipinski definition) is 5. The van der Waals surface area contributed by atoms with E-state index in [1.807, 2.05) is 13.0 Å². The molecule has 25 heavy (non-hydrogen) atoms. The zero-order valence-electron chi connectivity index (χ0n) is 15.9. The number of nitrogens with one attached hydrogen (secondary N) is 1. The topological polar surface area (TPSA) is 41.1 Å². The highest BCUT2D eigenvalue weighted by molar-refractivity contribution is 9.10. The van der Waals surface area contributed by atoms with Crippen molar-refractivity contribution in [3.8, 4) is 0 Å². The van der Waals surface area contributed by atoms with E-state index in [0.717, 1.165) is 34.8 Å². The highest BCUT2D eigenvalue weighted by Crippen LogP contribution is 2.37. The maximum Gasteiger partial charge on any atom is 0.229 e. The first-order chi connectivity index (χ1) is 11.9. The molecule has 0 aliphatic carbocycles. The lowest BCUT2D eigenvalue weighted by Crippen LogP contribution is -2.23. The Bertz CT molecular complexity index is 730. The molecule has 2 aromatic rings. The molecule has 1 aromatic carbocycles. The average Bonchev–Trinajstić information content (AvgIpc) is 2.57. The Morgan fingerprint density at radius 2 is 1.84 bits per heavy atom. The van der Waals surface area contributed by atoms with E-state index in [2.05, 4.69) is 77.2 Å². The van der Waals surface area contributed by atoms with Crippen molar-refractivity contribution < 1.29 is 0 Å². The van der Waals surface area contributed by atoms with Crippen molar-refractivity contribution in [3.05, 3.63) is 33.9 Å². The second-order valence-corrected chi connectivity index (χ2v) is 7.93. The Morgan fingerprint density at radius 3 is 2.40 bits per heavy atom. The van der Waals surface area contributed by atoms with Crippen LogP contribution in [-0.2, 0) is 0 Å². The first-order valence-corrected chi connectivity index (χ1v) is 10.7. The summed E-state index contributed by atoms with van der Waals surface area (Å²) < 4.78 is 1.04. The summed E-state index contributed by atoms with van der Waals surface area (Å²) in [6.07, 6.45) is 2.09. The second-order valence-electron chi connectivity index (χ2n) is 6.22. The van der Waals surface area contributed by atoms with E-state index in [1.54, 1.807) is 11.8 Å². The van der Waals surface area contributed by atoms with Crippen LogP contribution < -0.4 is 10.2 Å². The summed E-state index contributed by atoms with van der Waals surface area (Å²) in [5, 5.41) is 3.43. The average molecular weight is 423 g/mol. The lowest BCUT2D eigenvalue weighted by Gasteiger charge is -2.21. The van der Waals surface area contributed by atoms with Gasteiger partial charge in [0.25, 0.3) is 0 Å². The summed E-state index contributed by atoms with van der Waals surface area (Å²) in [5.41, 5.74) is 3.30. The molecule has 136 valence electrons. The van der Waals surface area contributed by atoms with Gasteiger partial charge in [-0.05, 0) is 66.6 Å². The van der Waals surface area contributed by atoms with Crippen molar-refractivity contribution in [1.29, 1.82) is 0 Å². The molecule has 0 radical (unpaired) electrons. The van der Waals surface area contributed by atoms with Crippen molar-refractivity contribution in [1.82, 2.24) is 9.97 Å². The number of nitrogens with zero attached hydrogens (tertiary/aromatic N) is 3. The monoisotopic (exact) mass is 422 g/mol. The van der Waals surface area contributed by atoms with E-state index in [-0.39, 0.29) is 0 Å². The number of anilines is 3. The van der Waals surface area contributed by atoms with Crippen molar-refractivity contribution in [2.45, 2.75) is 45.4 Å². The van der Waals surface area contributed by atoms with Crippen molar-refractivity contribution in [3.63, 3.8) is 0 Å². The van der Waals surface area contributed by atoms with Crippen LogP contribution in [0.1, 0.15) is 44.9 Å². The Balaban J connectivity index is 2.42. The van der Waals surface area contributed by atoms with E-state index in [9.17, 15) is 0 Å². The summed E-state index contributed by atoms with van der Waals surface area (Å²) in [6.45, 7) is 12.6. The SMILES string of the molecule is CCN(CC)c1cc(C)nc(Nc2c(Br)cc(C(C)C)cc2SC)n1. The van der Waals surface area contributed by atoms with Gasteiger partial charge in [0.1, 0.15) is 5.82 Å². The molecule has 0 unspecified atom stereocenters. The molecule has 2 rings (SSSR count). The van der Waals surface area contributed by atoms with E-state index < -0.39 is 0 Å². The molecule has 0 aliphatic rings. The molecular weight excluding hydrogens is 396 g/mol. The third-order valence-corrected chi connectivity index (χ3v) is 5.52. The number of aryl methyl sites for hydroxylation is 1. The predicted molar refractivity (Wildman–Crippen MR) is 114 cm³/mol. The fraction of sp³-hybridized carbons (Fsp3) is 0.474. The van der Waals surface area contributed by atoms with Gasteiger partial charge in [-0.15, -0.1) is 11.8 Å². The summed E-state index contributed by atoms with van der Waals surface area (Å²) in [6, 6.07) is 6.45. The van der Waals surface area contributed by atoms with Gasteiger partial charge in [-0.1, -0.05) is 13.8 Å². The zero-order valence-corrected chi connectivity index (χ0v) is 18.3. The molecular formula is C19H27BrN4S. The van der Waals surface area contributed by atoms with Gasteiger partial charge in [0.05, 0.1) is 5.69 Å². The quantitative estimate of drug-likeness (QED) is 0.555. The van der Waals surface area contributed by atoms with Crippen molar-refractivity contribution >= 4 is 45.1 Å². The lowest BCUT2D eigenvalue weighted by atomic mass is 10.0. The molecule has 0 saturated carbocycles. The van der Waals surface area contributed by atoms with Crippen LogP contribution in [0.25, 0.3) is 0 Å². The van der Waals surface area contributed by atoms with Crippen LogP contribution in [0.2, 0.25) is 0 Å². The molecule has 0 aliphatic heterocycles. The lowest BCUT2D eigenvalue weighted by molar-refractivity contribution is 0.840. The number of benzene rings is 1. The fourth-order valence-electron chi connectivity index (χ4n) is 2.65. The van der Waals surface area contributed by atoms with Crippen LogP contribution in [0, 0.1) is 6.92 Å². The van der Waals surface area contributed by atoms with Crippen LogP contribution in [0.5, 0.6) is 0 Å². The van der Waals surface area contributed by atoms with E-state index in [0.29, 0.717) is 11.9 Å². The highest BCUT2D eigenvalue weighted by Gasteiger charge is 2.14. The number of halogens is 1. The maximum atomic E-state index is 4.72. The Kier molecular flexibility index (Phi) is 7.14. The Hall–Kier alpha value is -1.27. The molecule has 4 nitrogen and oxygen atoms in total. The second kappa shape index (κ2) is 8.90. The molecule has 0 amide bonds. The van der Waals surface area contributed by atoms with Gasteiger partial charge < -0.3 is 10.2 Å².